The van der Waals surface area contributed by atoms with Gasteiger partial charge < -0.3 is 15.3 Å². The smallest absolute Gasteiger partial charge is 0.182 e. The summed E-state index contributed by atoms with van der Waals surface area (Å²) in [6.07, 6.45) is 1.65. The van der Waals surface area contributed by atoms with E-state index in [1.54, 1.807) is 38.1 Å². The summed E-state index contributed by atoms with van der Waals surface area (Å²) >= 11 is 0. The molecule has 5 heteroatoms. The van der Waals surface area contributed by atoms with Crippen LogP contribution in [0.15, 0.2) is 30.3 Å². The van der Waals surface area contributed by atoms with Gasteiger partial charge in [0.15, 0.2) is 23.3 Å². The Morgan fingerprint density at radius 3 is 1.79 bits per heavy atom. The molecule has 0 aromatic heterocycles. The highest BCUT2D eigenvalue weighted by atomic mass is 16.4. The number of hydrogen-bond donors (Lipinski definition) is 3. The summed E-state index contributed by atoms with van der Waals surface area (Å²) in [7, 11) is 0. The largest absolute Gasteiger partial charge is 0.389 e. The molecule has 0 saturated carbocycles. The van der Waals surface area contributed by atoms with Crippen LogP contribution in [-0.2, 0) is 16.0 Å². The van der Waals surface area contributed by atoms with Gasteiger partial charge in [-0.2, -0.15) is 0 Å². The lowest BCUT2D eigenvalue weighted by Crippen LogP contribution is -2.66. The van der Waals surface area contributed by atoms with Crippen molar-refractivity contribution in [3.8, 4) is 0 Å². The van der Waals surface area contributed by atoms with Crippen molar-refractivity contribution in [3.05, 3.63) is 35.9 Å². The second-order valence-electron chi connectivity index (χ2n) is 10.2. The molecular formula is C28H46O5. The summed E-state index contributed by atoms with van der Waals surface area (Å²) in [5.41, 5.74) is -3.72. The number of aliphatic hydroxyl groups excluding tert-OH is 2. The Bertz CT molecular complexity index is 748. The maximum atomic E-state index is 13.9. The van der Waals surface area contributed by atoms with E-state index in [2.05, 4.69) is 0 Å². The van der Waals surface area contributed by atoms with Gasteiger partial charge in [-0.25, -0.2) is 0 Å². The first kappa shape index (κ1) is 29.5. The highest BCUT2D eigenvalue weighted by molar-refractivity contribution is 6.01. The fraction of sp³-hybridized carbons (Fsp3) is 0.714. The summed E-state index contributed by atoms with van der Waals surface area (Å²) in [6, 6.07) is 9.03. The summed E-state index contributed by atoms with van der Waals surface area (Å²) in [5, 5.41) is 34.4. The molecule has 5 atom stereocenters. The predicted octanol–water partition coefficient (Wildman–Crippen LogP) is 5.03. The molecule has 0 aliphatic carbocycles. The Kier molecular flexibility index (Phi) is 11.4. The molecule has 33 heavy (non-hydrogen) atoms. The molecule has 1 rings (SSSR count). The van der Waals surface area contributed by atoms with Gasteiger partial charge in [-0.1, -0.05) is 97.6 Å². The molecule has 0 fully saturated rings. The fourth-order valence-electron chi connectivity index (χ4n) is 4.52. The molecule has 0 radical (unpaired) electrons. The van der Waals surface area contributed by atoms with Crippen molar-refractivity contribution < 1.29 is 24.9 Å². The van der Waals surface area contributed by atoms with Crippen LogP contribution >= 0.6 is 0 Å². The lowest BCUT2D eigenvalue weighted by Gasteiger charge is -2.43. The average molecular weight is 463 g/mol. The van der Waals surface area contributed by atoms with Gasteiger partial charge in [0, 0.05) is 17.3 Å². The van der Waals surface area contributed by atoms with Crippen LogP contribution in [0.3, 0.4) is 0 Å². The van der Waals surface area contributed by atoms with E-state index >= 15 is 0 Å². The lowest BCUT2D eigenvalue weighted by atomic mass is 9.64. The van der Waals surface area contributed by atoms with Gasteiger partial charge in [0.1, 0.15) is 0 Å². The average Bonchev–Trinajstić information content (AvgIpc) is 2.84. The zero-order valence-electron chi connectivity index (χ0n) is 21.6. The molecule has 0 saturated heterocycles. The molecule has 0 heterocycles. The van der Waals surface area contributed by atoms with E-state index in [-0.39, 0.29) is 6.42 Å². The van der Waals surface area contributed by atoms with Crippen molar-refractivity contribution >= 4 is 11.6 Å². The number of aliphatic hydroxyl groups is 3. The Hall–Kier alpha value is -1.56. The number of carbonyl (C=O) groups excluding carboxylic acids is 2. The van der Waals surface area contributed by atoms with E-state index in [0.29, 0.717) is 31.2 Å². The van der Waals surface area contributed by atoms with Crippen molar-refractivity contribution in [1.82, 2.24) is 0 Å². The summed E-state index contributed by atoms with van der Waals surface area (Å²) < 4.78 is 0. The van der Waals surface area contributed by atoms with E-state index in [1.807, 2.05) is 33.8 Å². The molecule has 1 aromatic carbocycles. The molecule has 0 aliphatic heterocycles. The number of hydrogen-bond acceptors (Lipinski definition) is 5. The summed E-state index contributed by atoms with van der Waals surface area (Å²) in [4.78, 5) is 27.5. The van der Waals surface area contributed by atoms with Gasteiger partial charge in [-0.15, -0.1) is 0 Å². The Morgan fingerprint density at radius 1 is 0.848 bits per heavy atom. The topological polar surface area (TPSA) is 94.8 Å². The second-order valence-corrected chi connectivity index (χ2v) is 10.2. The molecule has 188 valence electrons. The highest BCUT2D eigenvalue weighted by Crippen LogP contribution is 2.40. The van der Waals surface area contributed by atoms with E-state index in [0.717, 1.165) is 25.7 Å². The first-order valence-electron chi connectivity index (χ1n) is 12.7. The van der Waals surface area contributed by atoms with Gasteiger partial charge in [0.25, 0.3) is 0 Å². The maximum Gasteiger partial charge on any atom is 0.182 e. The van der Waals surface area contributed by atoms with E-state index in [9.17, 15) is 24.9 Å². The van der Waals surface area contributed by atoms with E-state index < -0.39 is 40.2 Å². The van der Waals surface area contributed by atoms with E-state index in [4.69, 9.17) is 0 Å². The lowest BCUT2D eigenvalue weighted by molar-refractivity contribution is -0.189. The molecular weight excluding hydrogens is 416 g/mol. The maximum absolute atomic E-state index is 13.9. The minimum atomic E-state index is -2.59. The number of carbonyl (C=O) groups is 2. The molecule has 0 amide bonds. The monoisotopic (exact) mass is 462 g/mol. The predicted molar refractivity (Wildman–Crippen MR) is 133 cm³/mol. The van der Waals surface area contributed by atoms with Crippen molar-refractivity contribution in [2.75, 3.05) is 0 Å². The molecule has 3 N–H and O–H groups in total. The van der Waals surface area contributed by atoms with Gasteiger partial charge in [0.05, 0.1) is 6.10 Å². The summed E-state index contributed by atoms with van der Waals surface area (Å²) in [5.74, 6) is -1.22. The third-order valence-electron chi connectivity index (χ3n) is 7.68. The van der Waals surface area contributed by atoms with Gasteiger partial charge in [0.2, 0.25) is 0 Å². The van der Waals surface area contributed by atoms with Crippen molar-refractivity contribution in [2.45, 2.75) is 117 Å². The Labute approximate surface area is 200 Å². The van der Waals surface area contributed by atoms with Crippen molar-refractivity contribution in [3.63, 3.8) is 0 Å². The number of benzene rings is 1. The first-order chi connectivity index (χ1) is 15.5. The number of rotatable bonds is 16. The minimum absolute atomic E-state index is 0.0429. The normalized spacial score (nSPS) is 19.1. The van der Waals surface area contributed by atoms with Crippen LogP contribution in [0.4, 0.5) is 0 Å². The van der Waals surface area contributed by atoms with Crippen LogP contribution in [0.25, 0.3) is 0 Å². The minimum Gasteiger partial charge on any atom is -0.389 e. The van der Waals surface area contributed by atoms with Crippen LogP contribution in [0.2, 0.25) is 0 Å². The van der Waals surface area contributed by atoms with Crippen LogP contribution in [0, 0.1) is 10.8 Å². The number of unbranched alkanes of at least 4 members (excludes halogenated alkanes) is 2. The molecule has 5 nitrogen and oxygen atoms in total. The molecule has 5 unspecified atom stereocenters. The third kappa shape index (κ3) is 6.74. The molecule has 0 spiro atoms. The fourth-order valence-corrected chi connectivity index (χ4v) is 4.52. The molecule has 1 aromatic rings. The standard InChI is InChI=1S/C28H46O5/c1-7-11-18-26(5,9-3)23(30)24(31)28(33,22(29)20-21-16-14-13-15-17-21)25(32)27(6,10-4)19-12-8-2/h13-17,22,24,29,31,33H,7-12,18-20H2,1-6H3. The van der Waals surface area contributed by atoms with Crippen LogP contribution in [0.5, 0.6) is 0 Å². The Balaban J connectivity index is 3.49. The first-order valence-corrected chi connectivity index (χ1v) is 12.7. The quantitative estimate of drug-likeness (QED) is 0.320. The molecule has 0 aliphatic rings. The third-order valence-corrected chi connectivity index (χ3v) is 7.68. The zero-order chi connectivity index (χ0) is 25.3. The van der Waals surface area contributed by atoms with Crippen LogP contribution in [-0.4, -0.2) is 44.7 Å². The zero-order valence-corrected chi connectivity index (χ0v) is 21.6. The van der Waals surface area contributed by atoms with Gasteiger partial charge in [-0.05, 0) is 31.2 Å². The second kappa shape index (κ2) is 12.8. The Morgan fingerprint density at radius 2 is 1.33 bits per heavy atom. The number of Topliss-reactive ketones (excluding diaryl/α,β-unsaturated/α-hetero) is 2. The van der Waals surface area contributed by atoms with Gasteiger partial charge >= 0.3 is 0 Å². The number of ketones is 2. The van der Waals surface area contributed by atoms with E-state index in [1.165, 1.54) is 0 Å². The van der Waals surface area contributed by atoms with Crippen molar-refractivity contribution in [1.29, 1.82) is 0 Å². The van der Waals surface area contributed by atoms with Crippen molar-refractivity contribution in [2.24, 2.45) is 10.8 Å². The van der Waals surface area contributed by atoms with Gasteiger partial charge in [-0.3, -0.25) is 9.59 Å². The SMILES string of the molecule is CCCCC(C)(CC)C(=O)C(O)C(O)(C(=O)C(C)(CC)CCCC)C(O)Cc1ccccc1. The van der Waals surface area contributed by atoms with Crippen LogP contribution < -0.4 is 0 Å². The molecule has 0 bridgehead atoms. The highest BCUT2D eigenvalue weighted by Gasteiger charge is 2.58. The summed E-state index contributed by atoms with van der Waals surface area (Å²) in [6.45, 7) is 11.3. The van der Waals surface area contributed by atoms with Crippen LogP contribution in [0.1, 0.15) is 98.5 Å².